The standard InChI is InChI=1S/C29H29BrN2O4/c1-28(2,3)36-27(33)32-29(15-8-16-29)20-13-11-19(12-14-20)24-22(18-9-6-5-7-10-18)23-21(30)17-31-26(34-4)25(23)35-24/h5-7,9-14,17H,8,15-16H2,1-4H3,(H,32,33). The first-order valence-electron chi connectivity index (χ1n) is 12.0. The fourth-order valence-corrected chi connectivity index (χ4v) is 5.21. The van der Waals surface area contributed by atoms with E-state index >= 15 is 0 Å². The fraction of sp³-hybridized carbons (Fsp3) is 0.310. The lowest BCUT2D eigenvalue weighted by Crippen LogP contribution is -2.52. The van der Waals surface area contributed by atoms with E-state index in [1.807, 2.05) is 51.1 Å². The van der Waals surface area contributed by atoms with Gasteiger partial charge in [0.1, 0.15) is 11.4 Å². The van der Waals surface area contributed by atoms with Gasteiger partial charge in [0.25, 0.3) is 5.88 Å². The van der Waals surface area contributed by atoms with Crippen LogP contribution in [0.5, 0.6) is 5.88 Å². The number of aromatic nitrogens is 1. The van der Waals surface area contributed by atoms with Crippen molar-refractivity contribution in [3.63, 3.8) is 0 Å². The summed E-state index contributed by atoms with van der Waals surface area (Å²) in [4.78, 5) is 16.9. The maximum atomic E-state index is 12.6. The van der Waals surface area contributed by atoms with E-state index in [2.05, 4.69) is 50.5 Å². The second-order valence-corrected chi connectivity index (χ2v) is 11.0. The second kappa shape index (κ2) is 9.28. The molecule has 1 saturated carbocycles. The molecule has 1 aliphatic carbocycles. The third-order valence-electron chi connectivity index (χ3n) is 6.54. The van der Waals surface area contributed by atoms with Gasteiger partial charge >= 0.3 is 6.09 Å². The zero-order valence-corrected chi connectivity index (χ0v) is 22.4. The Hall–Kier alpha value is -3.32. The van der Waals surface area contributed by atoms with Crippen LogP contribution in [0.1, 0.15) is 45.6 Å². The molecule has 2 aromatic heterocycles. The van der Waals surface area contributed by atoms with Gasteiger partial charge in [-0.25, -0.2) is 9.78 Å². The van der Waals surface area contributed by atoms with Crippen molar-refractivity contribution in [3.05, 3.63) is 70.8 Å². The van der Waals surface area contributed by atoms with Crippen LogP contribution in [0.3, 0.4) is 0 Å². The monoisotopic (exact) mass is 548 g/mol. The molecule has 5 rings (SSSR count). The van der Waals surface area contributed by atoms with Crippen molar-refractivity contribution >= 4 is 33.0 Å². The first kappa shape index (κ1) is 24.4. The molecule has 0 radical (unpaired) electrons. The van der Waals surface area contributed by atoms with Gasteiger partial charge in [0, 0.05) is 21.8 Å². The molecular weight excluding hydrogens is 520 g/mol. The first-order chi connectivity index (χ1) is 17.2. The van der Waals surface area contributed by atoms with E-state index in [4.69, 9.17) is 13.9 Å². The second-order valence-electron chi connectivity index (χ2n) is 10.1. The lowest BCUT2D eigenvalue weighted by atomic mass is 9.71. The number of amides is 1. The van der Waals surface area contributed by atoms with Crippen molar-refractivity contribution in [2.45, 2.75) is 51.2 Å². The number of carbonyl (C=O) groups is 1. The summed E-state index contributed by atoms with van der Waals surface area (Å²) in [6.45, 7) is 5.61. The van der Waals surface area contributed by atoms with Crippen LogP contribution in [0.15, 0.2) is 69.7 Å². The Balaban J connectivity index is 1.57. The molecular formula is C29H29BrN2O4. The van der Waals surface area contributed by atoms with Gasteiger partial charge in [0.2, 0.25) is 0 Å². The molecule has 1 aliphatic rings. The summed E-state index contributed by atoms with van der Waals surface area (Å²) < 4.78 is 18.3. The molecule has 0 aliphatic heterocycles. The minimum Gasteiger partial charge on any atom is -0.478 e. The van der Waals surface area contributed by atoms with Gasteiger partial charge in [-0.3, -0.25) is 0 Å². The lowest BCUT2D eigenvalue weighted by Gasteiger charge is -2.43. The number of benzene rings is 2. The third kappa shape index (κ3) is 4.48. The van der Waals surface area contributed by atoms with E-state index in [1.165, 1.54) is 0 Å². The molecule has 186 valence electrons. The molecule has 1 N–H and O–H groups in total. The van der Waals surface area contributed by atoms with E-state index in [0.29, 0.717) is 11.5 Å². The van der Waals surface area contributed by atoms with Gasteiger partial charge in [-0.05, 0) is 67.1 Å². The molecule has 6 nitrogen and oxygen atoms in total. The number of halogens is 1. The number of rotatable bonds is 5. The van der Waals surface area contributed by atoms with Gasteiger partial charge in [-0.2, -0.15) is 0 Å². The normalized spacial score (nSPS) is 14.8. The highest BCUT2D eigenvalue weighted by Gasteiger charge is 2.41. The highest BCUT2D eigenvalue weighted by atomic mass is 79.9. The Morgan fingerprint density at radius 3 is 2.33 bits per heavy atom. The molecule has 36 heavy (non-hydrogen) atoms. The molecule has 4 aromatic rings. The zero-order valence-electron chi connectivity index (χ0n) is 20.9. The number of methoxy groups -OCH3 is 1. The number of hydrogen-bond acceptors (Lipinski definition) is 5. The maximum Gasteiger partial charge on any atom is 0.408 e. The first-order valence-corrected chi connectivity index (χ1v) is 12.8. The van der Waals surface area contributed by atoms with Crippen molar-refractivity contribution in [1.29, 1.82) is 0 Å². The van der Waals surface area contributed by atoms with Crippen molar-refractivity contribution in [1.82, 2.24) is 10.3 Å². The van der Waals surface area contributed by atoms with Crippen molar-refractivity contribution in [2.24, 2.45) is 0 Å². The van der Waals surface area contributed by atoms with Crippen LogP contribution in [0, 0.1) is 0 Å². The van der Waals surface area contributed by atoms with Crippen LogP contribution in [-0.2, 0) is 10.3 Å². The van der Waals surface area contributed by atoms with E-state index in [0.717, 1.165) is 57.1 Å². The summed E-state index contributed by atoms with van der Waals surface area (Å²) >= 11 is 3.66. The Bertz CT molecular complexity index is 1400. The van der Waals surface area contributed by atoms with Crippen molar-refractivity contribution in [3.8, 4) is 28.3 Å². The summed E-state index contributed by atoms with van der Waals surface area (Å²) in [5.74, 6) is 1.17. The Morgan fingerprint density at radius 1 is 1.06 bits per heavy atom. The third-order valence-corrected chi connectivity index (χ3v) is 7.14. The van der Waals surface area contributed by atoms with Crippen LogP contribution >= 0.6 is 15.9 Å². The van der Waals surface area contributed by atoms with Crippen LogP contribution in [0.2, 0.25) is 0 Å². The van der Waals surface area contributed by atoms with Crippen molar-refractivity contribution in [2.75, 3.05) is 7.11 Å². The average molecular weight is 549 g/mol. The summed E-state index contributed by atoms with van der Waals surface area (Å²) in [5, 5.41) is 4.04. The van der Waals surface area contributed by atoms with Gasteiger partial charge in [-0.15, -0.1) is 0 Å². The molecule has 7 heteroatoms. The van der Waals surface area contributed by atoms with Crippen LogP contribution in [0.4, 0.5) is 4.79 Å². The largest absolute Gasteiger partial charge is 0.478 e. The van der Waals surface area contributed by atoms with Gasteiger partial charge in [0.15, 0.2) is 5.58 Å². The van der Waals surface area contributed by atoms with E-state index in [-0.39, 0.29) is 6.09 Å². The zero-order chi connectivity index (χ0) is 25.5. The number of nitrogens with zero attached hydrogens (tertiary/aromatic N) is 1. The SMILES string of the molecule is COc1ncc(Br)c2c(-c3ccccc3)c(-c3ccc(C4(NC(=O)OC(C)(C)C)CCC4)cc3)oc12. The van der Waals surface area contributed by atoms with Gasteiger partial charge < -0.3 is 19.2 Å². The summed E-state index contributed by atoms with van der Waals surface area (Å²) in [6.07, 6.45) is 4.15. The molecule has 2 aromatic carbocycles. The Morgan fingerprint density at radius 2 is 1.75 bits per heavy atom. The average Bonchev–Trinajstić information content (AvgIpc) is 3.23. The maximum absolute atomic E-state index is 12.6. The number of fused-ring (bicyclic) bond motifs is 1. The van der Waals surface area contributed by atoms with Gasteiger partial charge in [-0.1, -0.05) is 54.6 Å². The predicted molar refractivity (Wildman–Crippen MR) is 144 cm³/mol. The minimum absolute atomic E-state index is 0.389. The summed E-state index contributed by atoms with van der Waals surface area (Å²) in [7, 11) is 1.59. The van der Waals surface area contributed by atoms with Crippen LogP contribution in [0.25, 0.3) is 33.4 Å². The summed E-state index contributed by atoms with van der Waals surface area (Å²) in [6, 6.07) is 18.4. The molecule has 1 amide bonds. The highest BCUT2D eigenvalue weighted by Crippen LogP contribution is 2.47. The lowest BCUT2D eigenvalue weighted by molar-refractivity contribution is 0.0377. The molecule has 0 atom stereocenters. The Kier molecular flexibility index (Phi) is 6.29. The molecule has 0 spiro atoms. The number of carbonyl (C=O) groups excluding carboxylic acids is 1. The number of alkyl carbamates (subject to hydrolysis) is 1. The molecule has 2 heterocycles. The van der Waals surface area contributed by atoms with Crippen LogP contribution in [-0.4, -0.2) is 23.8 Å². The van der Waals surface area contributed by atoms with Crippen LogP contribution < -0.4 is 10.1 Å². The quantitative estimate of drug-likeness (QED) is 0.275. The number of ether oxygens (including phenoxy) is 2. The minimum atomic E-state index is -0.543. The van der Waals surface area contributed by atoms with Gasteiger partial charge in [0.05, 0.1) is 18.0 Å². The van der Waals surface area contributed by atoms with E-state index in [9.17, 15) is 4.79 Å². The molecule has 0 saturated heterocycles. The predicted octanol–water partition coefficient (Wildman–Crippen LogP) is 7.84. The highest BCUT2D eigenvalue weighted by molar-refractivity contribution is 9.10. The topological polar surface area (TPSA) is 73.6 Å². The summed E-state index contributed by atoms with van der Waals surface area (Å²) in [5.41, 5.74) is 3.62. The fourth-order valence-electron chi connectivity index (χ4n) is 4.73. The number of pyridine rings is 1. The van der Waals surface area contributed by atoms with Crippen molar-refractivity contribution < 1.29 is 18.7 Å². The molecule has 0 bridgehead atoms. The molecule has 0 unspecified atom stereocenters. The Labute approximate surface area is 219 Å². The van der Waals surface area contributed by atoms with E-state index < -0.39 is 11.1 Å². The number of hydrogen-bond donors (Lipinski definition) is 1. The smallest absolute Gasteiger partial charge is 0.408 e. The molecule has 1 fully saturated rings. The number of furan rings is 1. The van der Waals surface area contributed by atoms with E-state index in [1.54, 1.807) is 13.3 Å². The number of nitrogens with one attached hydrogen (secondary N) is 1.